The highest BCUT2D eigenvalue weighted by atomic mass is 16.6. The second-order valence-corrected chi connectivity index (χ2v) is 7.79. The molecule has 0 bridgehead atoms. The van der Waals surface area contributed by atoms with E-state index in [0.29, 0.717) is 11.7 Å². The first-order valence-electron chi connectivity index (χ1n) is 9.75. The molecule has 1 fully saturated rings. The van der Waals surface area contributed by atoms with Crippen molar-refractivity contribution in [1.29, 1.82) is 0 Å². The Kier molecular flexibility index (Phi) is 4.56. The molecule has 2 atom stereocenters. The lowest BCUT2D eigenvalue weighted by molar-refractivity contribution is 0.215. The van der Waals surface area contributed by atoms with Crippen LogP contribution in [0.15, 0.2) is 42.5 Å². The molecular formula is C22H27N3O2. The monoisotopic (exact) mass is 365 g/mol. The molecule has 1 amide bonds. The minimum absolute atomic E-state index is 0.0812. The second-order valence-electron chi connectivity index (χ2n) is 7.79. The maximum atomic E-state index is 12.3. The lowest BCUT2D eigenvalue weighted by Crippen LogP contribution is -2.40. The van der Waals surface area contributed by atoms with Crippen LogP contribution in [0.4, 0.5) is 16.2 Å². The van der Waals surface area contributed by atoms with Gasteiger partial charge in [-0.3, -0.25) is 10.6 Å². The number of benzene rings is 2. The summed E-state index contributed by atoms with van der Waals surface area (Å²) in [6, 6.07) is 13.7. The minimum Gasteiger partial charge on any atom is -0.410 e. The average molecular weight is 365 g/mol. The van der Waals surface area contributed by atoms with Crippen LogP contribution in [0.5, 0.6) is 5.75 Å². The van der Waals surface area contributed by atoms with Crippen LogP contribution in [0.25, 0.3) is 0 Å². The Labute approximate surface area is 160 Å². The van der Waals surface area contributed by atoms with Gasteiger partial charge in [-0.15, -0.1) is 0 Å². The topological polar surface area (TPSA) is 62.4 Å². The van der Waals surface area contributed by atoms with Gasteiger partial charge in [-0.25, -0.2) is 4.79 Å². The van der Waals surface area contributed by atoms with Crippen molar-refractivity contribution in [2.45, 2.75) is 51.1 Å². The second kappa shape index (κ2) is 6.89. The van der Waals surface area contributed by atoms with E-state index in [1.165, 1.54) is 11.1 Å². The zero-order chi connectivity index (χ0) is 19.0. The van der Waals surface area contributed by atoms with Gasteiger partial charge in [0.25, 0.3) is 0 Å². The van der Waals surface area contributed by atoms with Gasteiger partial charge < -0.3 is 10.1 Å². The van der Waals surface area contributed by atoms with E-state index < -0.39 is 6.09 Å². The summed E-state index contributed by atoms with van der Waals surface area (Å²) in [7, 11) is 0. The fourth-order valence-corrected chi connectivity index (χ4v) is 4.31. The summed E-state index contributed by atoms with van der Waals surface area (Å²) in [5.74, 6) is 1.04. The standard InChI is InChI=1S/C22H27N3O2/c1-4-22-11-12-23-20(22)25-19-10-9-17(13-18(19)22)27-21(26)24-16-7-5-15(6-8-16)14(2)3/h5-10,13-14,20,23,25H,4,11-12H2,1-3H3,(H,24,26). The zero-order valence-corrected chi connectivity index (χ0v) is 16.1. The normalized spacial score (nSPS) is 22.9. The molecule has 2 aromatic carbocycles. The van der Waals surface area contributed by atoms with E-state index in [0.717, 1.165) is 30.8 Å². The molecule has 4 rings (SSSR count). The van der Waals surface area contributed by atoms with E-state index >= 15 is 0 Å². The van der Waals surface area contributed by atoms with Crippen LogP contribution in [0, 0.1) is 0 Å². The van der Waals surface area contributed by atoms with Gasteiger partial charge in [0.2, 0.25) is 0 Å². The quantitative estimate of drug-likeness (QED) is 0.727. The number of nitrogens with one attached hydrogen (secondary N) is 3. The third-order valence-corrected chi connectivity index (χ3v) is 5.96. The molecule has 0 radical (unpaired) electrons. The van der Waals surface area contributed by atoms with Crippen molar-refractivity contribution in [3.63, 3.8) is 0 Å². The Morgan fingerprint density at radius 3 is 2.74 bits per heavy atom. The number of hydrogen-bond donors (Lipinski definition) is 3. The fraction of sp³-hybridized carbons (Fsp3) is 0.409. The van der Waals surface area contributed by atoms with Crippen molar-refractivity contribution >= 4 is 17.5 Å². The highest BCUT2D eigenvalue weighted by molar-refractivity contribution is 5.86. The molecule has 2 aromatic rings. The van der Waals surface area contributed by atoms with Gasteiger partial charge in [-0.05, 0) is 66.8 Å². The van der Waals surface area contributed by atoms with Crippen LogP contribution in [0.3, 0.4) is 0 Å². The van der Waals surface area contributed by atoms with Crippen LogP contribution in [-0.4, -0.2) is 18.8 Å². The van der Waals surface area contributed by atoms with Crippen molar-refractivity contribution in [3.05, 3.63) is 53.6 Å². The summed E-state index contributed by atoms with van der Waals surface area (Å²) in [5.41, 5.74) is 4.43. The Morgan fingerprint density at radius 2 is 2.04 bits per heavy atom. The molecule has 1 saturated heterocycles. The van der Waals surface area contributed by atoms with Gasteiger partial charge in [0, 0.05) is 16.8 Å². The van der Waals surface area contributed by atoms with E-state index in [9.17, 15) is 4.79 Å². The summed E-state index contributed by atoms with van der Waals surface area (Å²) >= 11 is 0. The summed E-state index contributed by atoms with van der Waals surface area (Å²) in [6.07, 6.45) is 1.93. The maximum Gasteiger partial charge on any atom is 0.417 e. The number of carbonyl (C=O) groups excluding carboxylic acids is 1. The van der Waals surface area contributed by atoms with Crippen molar-refractivity contribution in [1.82, 2.24) is 5.32 Å². The smallest absolute Gasteiger partial charge is 0.410 e. The fourth-order valence-electron chi connectivity index (χ4n) is 4.31. The average Bonchev–Trinajstić information content (AvgIpc) is 3.18. The van der Waals surface area contributed by atoms with Crippen molar-refractivity contribution in [3.8, 4) is 5.75 Å². The first-order valence-corrected chi connectivity index (χ1v) is 9.75. The van der Waals surface area contributed by atoms with Gasteiger partial charge in [-0.1, -0.05) is 32.9 Å². The molecule has 0 aromatic heterocycles. The van der Waals surface area contributed by atoms with Crippen molar-refractivity contribution in [2.24, 2.45) is 0 Å². The number of carbonyl (C=O) groups is 1. The largest absolute Gasteiger partial charge is 0.417 e. The van der Waals surface area contributed by atoms with E-state index in [4.69, 9.17) is 4.74 Å². The minimum atomic E-state index is -0.468. The first kappa shape index (κ1) is 17.9. The lowest BCUT2D eigenvalue weighted by Gasteiger charge is -2.27. The Hall–Kier alpha value is -2.53. The molecule has 0 saturated carbocycles. The van der Waals surface area contributed by atoms with Gasteiger partial charge >= 0.3 is 6.09 Å². The number of amides is 1. The molecule has 2 unspecified atom stereocenters. The molecule has 27 heavy (non-hydrogen) atoms. The van der Waals surface area contributed by atoms with E-state index in [-0.39, 0.29) is 11.6 Å². The SMILES string of the molecule is CCC12CCNC1Nc1ccc(OC(=O)Nc3ccc(C(C)C)cc3)cc12. The molecular weight excluding hydrogens is 338 g/mol. The van der Waals surface area contributed by atoms with Crippen LogP contribution in [0.2, 0.25) is 0 Å². The molecule has 0 spiro atoms. The molecule has 5 heteroatoms. The molecule has 2 heterocycles. The summed E-state index contributed by atoms with van der Waals surface area (Å²) in [6.45, 7) is 7.51. The van der Waals surface area contributed by atoms with E-state index in [1.54, 1.807) is 0 Å². The van der Waals surface area contributed by atoms with Crippen LogP contribution >= 0.6 is 0 Å². The number of hydrogen-bond acceptors (Lipinski definition) is 4. The third kappa shape index (κ3) is 3.16. The third-order valence-electron chi connectivity index (χ3n) is 5.96. The number of fused-ring (bicyclic) bond motifs is 3. The van der Waals surface area contributed by atoms with Gasteiger partial charge in [-0.2, -0.15) is 0 Å². The molecule has 3 N–H and O–H groups in total. The van der Waals surface area contributed by atoms with Gasteiger partial charge in [0.05, 0.1) is 6.17 Å². The predicted molar refractivity (Wildman–Crippen MR) is 109 cm³/mol. The molecule has 5 nitrogen and oxygen atoms in total. The van der Waals surface area contributed by atoms with Crippen molar-refractivity contribution in [2.75, 3.05) is 17.2 Å². The molecule has 142 valence electrons. The lowest BCUT2D eigenvalue weighted by atomic mass is 9.77. The Bertz CT molecular complexity index is 847. The first-order chi connectivity index (χ1) is 13.0. The molecule has 2 aliphatic rings. The van der Waals surface area contributed by atoms with Crippen molar-refractivity contribution < 1.29 is 9.53 Å². The number of ether oxygens (including phenoxy) is 1. The number of rotatable bonds is 4. The number of anilines is 2. The van der Waals surface area contributed by atoms with Crippen LogP contribution in [-0.2, 0) is 5.41 Å². The predicted octanol–water partition coefficient (Wildman–Crippen LogP) is 4.81. The summed E-state index contributed by atoms with van der Waals surface area (Å²) < 4.78 is 5.56. The van der Waals surface area contributed by atoms with Gasteiger partial charge in [0.15, 0.2) is 0 Å². The maximum absolute atomic E-state index is 12.3. The Morgan fingerprint density at radius 1 is 1.26 bits per heavy atom. The van der Waals surface area contributed by atoms with E-state index in [1.807, 2.05) is 42.5 Å². The van der Waals surface area contributed by atoms with Gasteiger partial charge in [0.1, 0.15) is 5.75 Å². The van der Waals surface area contributed by atoms with E-state index in [2.05, 4.69) is 36.7 Å². The van der Waals surface area contributed by atoms with Crippen LogP contribution < -0.4 is 20.7 Å². The van der Waals surface area contributed by atoms with Crippen LogP contribution in [0.1, 0.15) is 50.7 Å². The Balaban J connectivity index is 1.47. The summed E-state index contributed by atoms with van der Waals surface area (Å²) in [4.78, 5) is 12.3. The molecule has 0 aliphatic carbocycles. The zero-order valence-electron chi connectivity index (χ0n) is 16.1. The highest BCUT2D eigenvalue weighted by Gasteiger charge is 2.48. The highest BCUT2D eigenvalue weighted by Crippen LogP contribution is 2.48. The molecule has 2 aliphatic heterocycles. The summed E-state index contributed by atoms with van der Waals surface area (Å²) in [5, 5.41) is 9.89.